The maximum atomic E-state index is 13.5. The Morgan fingerprint density at radius 2 is 1.70 bits per heavy atom. The van der Waals surface area contributed by atoms with Gasteiger partial charge in [-0.05, 0) is 62.7 Å². The zero-order valence-electron chi connectivity index (χ0n) is 19.6. The average Bonchev–Trinajstić information content (AvgIpc) is 3.13. The monoisotopic (exact) mass is 447 g/mol. The van der Waals surface area contributed by atoms with Crippen LogP contribution in [0.5, 0.6) is 0 Å². The summed E-state index contributed by atoms with van der Waals surface area (Å²) in [6, 6.07) is 10.4. The van der Waals surface area contributed by atoms with Gasteiger partial charge in [-0.1, -0.05) is 44.9 Å². The number of unbranched alkanes of at least 4 members (excludes halogenated alkanes) is 2. The second-order valence-electron chi connectivity index (χ2n) is 8.76. The fourth-order valence-corrected chi connectivity index (χ4v) is 4.65. The summed E-state index contributed by atoms with van der Waals surface area (Å²) >= 11 is 0. The van der Waals surface area contributed by atoms with Crippen LogP contribution in [0, 0.1) is 0 Å². The molecule has 0 radical (unpaired) electrons. The normalized spacial score (nSPS) is 15.5. The van der Waals surface area contributed by atoms with Gasteiger partial charge in [0.2, 0.25) is 5.76 Å². The number of amides is 1. The third-order valence-electron chi connectivity index (χ3n) is 6.40. The quantitative estimate of drug-likeness (QED) is 0.413. The minimum atomic E-state index is -0.471. The molecule has 0 saturated heterocycles. The SMILES string of the molecule is CCCCN(CCCC)CCCN1C(=O)c2oc3ccccc3c(=O)c2C1c1cccnc1. The van der Waals surface area contributed by atoms with Crippen LogP contribution >= 0.6 is 0 Å². The molecule has 3 aromatic rings. The summed E-state index contributed by atoms with van der Waals surface area (Å²) in [5.74, 6) is -0.0447. The van der Waals surface area contributed by atoms with Crippen molar-refractivity contribution in [1.82, 2.24) is 14.8 Å². The predicted octanol–water partition coefficient (Wildman–Crippen LogP) is 5.03. The van der Waals surface area contributed by atoms with Crippen LogP contribution in [0.4, 0.5) is 0 Å². The number of aromatic nitrogens is 1. The molecule has 2 aromatic heterocycles. The Balaban J connectivity index is 1.63. The molecule has 1 unspecified atom stereocenters. The Kier molecular flexibility index (Phi) is 7.55. The van der Waals surface area contributed by atoms with Crippen molar-refractivity contribution in [3.05, 3.63) is 75.9 Å². The van der Waals surface area contributed by atoms with Crippen molar-refractivity contribution < 1.29 is 9.21 Å². The molecule has 4 rings (SSSR count). The molecule has 0 spiro atoms. The third kappa shape index (κ3) is 4.86. The maximum absolute atomic E-state index is 13.5. The standard InChI is InChI=1S/C27H33N3O3/c1-3-5-15-29(16-6-4-2)17-10-18-30-24(20-11-9-14-28-19-20)23-25(31)21-12-7-8-13-22(21)33-26(23)27(30)32/h7-9,11-14,19,24H,3-6,10,15-18H2,1-2H3. The Hall–Kier alpha value is -2.99. The van der Waals surface area contributed by atoms with Gasteiger partial charge in [-0.25, -0.2) is 0 Å². The number of pyridine rings is 1. The lowest BCUT2D eigenvalue weighted by atomic mass is 10.00. The molecular weight excluding hydrogens is 414 g/mol. The molecular formula is C27H33N3O3. The number of benzene rings is 1. The molecule has 1 aliphatic heterocycles. The number of para-hydroxylation sites is 1. The molecule has 0 N–H and O–H groups in total. The van der Waals surface area contributed by atoms with Crippen molar-refractivity contribution >= 4 is 16.9 Å². The molecule has 1 atom stereocenters. The first-order valence-corrected chi connectivity index (χ1v) is 12.1. The lowest BCUT2D eigenvalue weighted by Crippen LogP contribution is -2.34. The van der Waals surface area contributed by atoms with E-state index >= 15 is 0 Å². The van der Waals surface area contributed by atoms with E-state index in [-0.39, 0.29) is 17.1 Å². The molecule has 1 aromatic carbocycles. The largest absolute Gasteiger partial charge is 0.450 e. The van der Waals surface area contributed by atoms with E-state index in [9.17, 15) is 9.59 Å². The Bertz CT molecular complexity index is 1130. The van der Waals surface area contributed by atoms with E-state index in [4.69, 9.17) is 4.42 Å². The number of fused-ring (bicyclic) bond motifs is 2. The highest BCUT2D eigenvalue weighted by atomic mass is 16.3. The van der Waals surface area contributed by atoms with Gasteiger partial charge < -0.3 is 14.2 Å². The first kappa shape index (κ1) is 23.2. The highest BCUT2D eigenvalue weighted by Crippen LogP contribution is 2.37. The zero-order chi connectivity index (χ0) is 23.2. The second kappa shape index (κ2) is 10.8. The lowest BCUT2D eigenvalue weighted by molar-refractivity contribution is 0.0719. The number of rotatable bonds is 11. The lowest BCUT2D eigenvalue weighted by Gasteiger charge is -2.27. The predicted molar refractivity (Wildman–Crippen MR) is 130 cm³/mol. The summed E-state index contributed by atoms with van der Waals surface area (Å²) in [5.41, 5.74) is 1.58. The van der Waals surface area contributed by atoms with E-state index in [1.807, 2.05) is 24.3 Å². The molecule has 6 nitrogen and oxygen atoms in total. The summed E-state index contributed by atoms with van der Waals surface area (Å²) in [4.78, 5) is 35.4. The highest BCUT2D eigenvalue weighted by molar-refractivity contribution is 5.99. The Labute approximate surface area is 195 Å². The number of hydrogen-bond acceptors (Lipinski definition) is 5. The van der Waals surface area contributed by atoms with Crippen LogP contribution in [0.15, 0.2) is 58.0 Å². The van der Waals surface area contributed by atoms with Crippen molar-refractivity contribution in [3.8, 4) is 0 Å². The van der Waals surface area contributed by atoms with Crippen LogP contribution in [0.1, 0.15) is 73.7 Å². The van der Waals surface area contributed by atoms with Gasteiger partial charge >= 0.3 is 0 Å². The van der Waals surface area contributed by atoms with Crippen molar-refractivity contribution in [3.63, 3.8) is 0 Å². The van der Waals surface area contributed by atoms with E-state index in [1.54, 1.807) is 29.4 Å². The molecule has 0 aliphatic carbocycles. The fraction of sp³-hybridized carbons (Fsp3) is 0.444. The van der Waals surface area contributed by atoms with Crippen molar-refractivity contribution in [1.29, 1.82) is 0 Å². The van der Waals surface area contributed by atoms with E-state index in [2.05, 4.69) is 23.7 Å². The summed E-state index contributed by atoms with van der Waals surface area (Å²) in [7, 11) is 0. The number of hydrogen-bond donors (Lipinski definition) is 0. The first-order valence-electron chi connectivity index (χ1n) is 12.1. The fourth-order valence-electron chi connectivity index (χ4n) is 4.65. The van der Waals surface area contributed by atoms with Crippen LogP contribution in [-0.4, -0.2) is 46.9 Å². The summed E-state index contributed by atoms with van der Waals surface area (Å²) in [6.45, 7) is 8.09. The molecule has 6 heteroatoms. The smallest absolute Gasteiger partial charge is 0.290 e. The van der Waals surface area contributed by atoms with Gasteiger partial charge in [-0.15, -0.1) is 0 Å². The summed E-state index contributed by atoms with van der Waals surface area (Å²) < 4.78 is 5.99. The van der Waals surface area contributed by atoms with Gasteiger partial charge in [-0.2, -0.15) is 0 Å². The second-order valence-corrected chi connectivity index (χ2v) is 8.76. The number of carbonyl (C=O) groups excluding carboxylic acids is 1. The van der Waals surface area contributed by atoms with Gasteiger partial charge in [0.05, 0.1) is 17.0 Å². The average molecular weight is 448 g/mol. The van der Waals surface area contributed by atoms with Crippen LogP contribution in [0.3, 0.4) is 0 Å². The summed E-state index contributed by atoms with van der Waals surface area (Å²) in [6.07, 6.45) is 9.00. The maximum Gasteiger partial charge on any atom is 0.290 e. The molecule has 1 amide bonds. The number of nitrogens with zero attached hydrogens (tertiary/aromatic N) is 3. The minimum Gasteiger partial charge on any atom is -0.450 e. The Morgan fingerprint density at radius 3 is 2.39 bits per heavy atom. The van der Waals surface area contributed by atoms with Gasteiger partial charge in [0.15, 0.2) is 5.43 Å². The highest BCUT2D eigenvalue weighted by Gasteiger charge is 2.42. The van der Waals surface area contributed by atoms with E-state index in [0.29, 0.717) is 23.1 Å². The Morgan fingerprint density at radius 1 is 0.970 bits per heavy atom. The van der Waals surface area contributed by atoms with Crippen LogP contribution < -0.4 is 5.43 Å². The van der Waals surface area contributed by atoms with Gasteiger partial charge in [0.1, 0.15) is 5.58 Å². The molecule has 0 fully saturated rings. The van der Waals surface area contributed by atoms with Crippen LogP contribution in [-0.2, 0) is 0 Å². The molecule has 33 heavy (non-hydrogen) atoms. The molecule has 1 aliphatic rings. The summed E-state index contributed by atoms with van der Waals surface area (Å²) in [5, 5.41) is 0.505. The van der Waals surface area contributed by atoms with Crippen molar-refractivity contribution in [2.24, 2.45) is 0 Å². The van der Waals surface area contributed by atoms with E-state index in [1.165, 1.54) is 25.7 Å². The van der Waals surface area contributed by atoms with E-state index in [0.717, 1.165) is 31.6 Å². The molecule has 174 valence electrons. The molecule has 0 bridgehead atoms. The van der Waals surface area contributed by atoms with Gasteiger partial charge in [0.25, 0.3) is 5.91 Å². The van der Waals surface area contributed by atoms with Gasteiger partial charge in [-0.3, -0.25) is 14.6 Å². The first-order chi connectivity index (χ1) is 16.2. The van der Waals surface area contributed by atoms with Crippen LogP contribution in [0.25, 0.3) is 11.0 Å². The molecule has 0 saturated carbocycles. The van der Waals surface area contributed by atoms with Crippen molar-refractivity contribution in [2.45, 2.75) is 52.0 Å². The van der Waals surface area contributed by atoms with E-state index < -0.39 is 6.04 Å². The third-order valence-corrected chi connectivity index (χ3v) is 6.40. The minimum absolute atomic E-state index is 0.135. The van der Waals surface area contributed by atoms with Crippen molar-refractivity contribution in [2.75, 3.05) is 26.2 Å². The number of carbonyl (C=O) groups is 1. The molecule has 3 heterocycles. The van der Waals surface area contributed by atoms with Gasteiger partial charge in [0, 0.05) is 18.9 Å². The van der Waals surface area contributed by atoms with Crippen LogP contribution in [0.2, 0.25) is 0 Å². The topological polar surface area (TPSA) is 66.7 Å². The zero-order valence-corrected chi connectivity index (χ0v) is 19.6.